The van der Waals surface area contributed by atoms with Crippen molar-refractivity contribution >= 4 is 57.1 Å². The Kier molecular flexibility index (Phi) is 5.69. The van der Waals surface area contributed by atoms with Gasteiger partial charge in [-0.1, -0.05) is 36.1 Å². The smallest absolute Gasteiger partial charge is 0.265 e. The summed E-state index contributed by atoms with van der Waals surface area (Å²) in [5.41, 5.74) is 3.17. The van der Waals surface area contributed by atoms with E-state index in [1.807, 2.05) is 6.20 Å². The van der Waals surface area contributed by atoms with E-state index in [1.54, 1.807) is 43.5 Å². The standard InChI is InChI=1S/C22H18FN3O2S2/c1-26-21(28)19(30-22(26)29)10-13-2-4-14(5-3-13)20(27)24-9-8-15-12-25-18-7-6-16(23)11-17(15)18/h2-7,10-12,25H,8-9H2,1H3,(H,24,27)/b19-10+. The topological polar surface area (TPSA) is 65.2 Å². The quantitative estimate of drug-likeness (QED) is 0.464. The molecule has 0 bridgehead atoms. The monoisotopic (exact) mass is 439 g/mol. The van der Waals surface area contributed by atoms with E-state index in [0.29, 0.717) is 27.8 Å². The number of nitrogens with one attached hydrogen (secondary N) is 2. The molecule has 1 fully saturated rings. The van der Waals surface area contributed by atoms with Gasteiger partial charge in [0, 0.05) is 36.3 Å². The molecule has 1 aromatic heterocycles. The number of H-pyrrole nitrogens is 1. The molecule has 0 spiro atoms. The predicted molar refractivity (Wildman–Crippen MR) is 122 cm³/mol. The number of thiocarbonyl (C=S) groups is 1. The number of carbonyl (C=O) groups excluding carboxylic acids is 2. The Bertz CT molecular complexity index is 1180. The second kappa shape index (κ2) is 8.41. The number of hydrogen-bond donors (Lipinski definition) is 2. The summed E-state index contributed by atoms with van der Waals surface area (Å²) in [6.45, 7) is 0.434. The first-order valence-corrected chi connectivity index (χ1v) is 10.5. The maximum Gasteiger partial charge on any atom is 0.265 e. The van der Waals surface area contributed by atoms with Crippen molar-refractivity contribution in [1.29, 1.82) is 0 Å². The molecular formula is C22H18FN3O2S2. The third-order valence-corrected chi connectivity index (χ3v) is 6.35. The summed E-state index contributed by atoms with van der Waals surface area (Å²) in [7, 11) is 1.65. The van der Waals surface area contributed by atoms with Crippen LogP contribution in [0.1, 0.15) is 21.5 Å². The molecule has 8 heteroatoms. The number of benzene rings is 2. The molecule has 0 saturated carbocycles. The molecule has 1 aliphatic rings. The zero-order valence-electron chi connectivity index (χ0n) is 16.1. The lowest BCUT2D eigenvalue weighted by Gasteiger charge is -2.06. The molecule has 4 rings (SSSR count). The van der Waals surface area contributed by atoms with Gasteiger partial charge in [-0.05, 0) is 54.0 Å². The third-order valence-electron chi connectivity index (χ3n) is 4.87. The van der Waals surface area contributed by atoms with Crippen LogP contribution in [0, 0.1) is 5.82 Å². The van der Waals surface area contributed by atoms with E-state index >= 15 is 0 Å². The Hall–Kier alpha value is -2.97. The van der Waals surface area contributed by atoms with Gasteiger partial charge in [-0.15, -0.1) is 0 Å². The van der Waals surface area contributed by atoms with Crippen LogP contribution < -0.4 is 5.32 Å². The number of halogens is 1. The third kappa shape index (κ3) is 4.15. The summed E-state index contributed by atoms with van der Waals surface area (Å²) in [5.74, 6) is -0.593. The zero-order chi connectivity index (χ0) is 21.3. The molecule has 1 aliphatic heterocycles. The van der Waals surface area contributed by atoms with Crippen LogP contribution in [0.15, 0.2) is 53.6 Å². The minimum atomic E-state index is -0.284. The molecule has 0 radical (unpaired) electrons. The van der Waals surface area contributed by atoms with Gasteiger partial charge in [0.25, 0.3) is 11.8 Å². The molecule has 2 amide bonds. The van der Waals surface area contributed by atoms with Crippen molar-refractivity contribution in [1.82, 2.24) is 15.2 Å². The number of aromatic nitrogens is 1. The van der Waals surface area contributed by atoms with Crippen molar-refractivity contribution < 1.29 is 14.0 Å². The van der Waals surface area contributed by atoms with Gasteiger partial charge < -0.3 is 10.3 Å². The predicted octanol–water partition coefficient (Wildman–Crippen LogP) is 4.11. The van der Waals surface area contributed by atoms with Crippen molar-refractivity contribution in [2.24, 2.45) is 0 Å². The van der Waals surface area contributed by atoms with Crippen LogP contribution in [0.3, 0.4) is 0 Å². The van der Waals surface area contributed by atoms with E-state index in [-0.39, 0.29) is 17.6 Å². The molecule has 2 N–H and O–H groups in total. The van der Waals surface area contributed by atoms with Crippen molar-refractivity contribution in [3.8, 4) is 0 Å². The number of aromatic amines is 1. The Labute approximate surface area is 182 Å². The summed E-state index contributed by atoms with van der Waals surface area (Å²) in [6.07, 6.45) is 4.19. The molecule has 5 nitrogen and oxygen atoms in total. The first kappa shape index (κ1) is 20.3. The number of hydrogen-bond acceptors (Lipinski definition) is 4. The van der Waals surface area contributed by atoms with Crippen LogP contribution in [-0.2, 0) is 11.2 Å². The summed E-state index contributed by atoms with van der Waals surface area (Å²) in [6, 6.07) is 11.6. The fourth-order valence-electron chi connectivity index (χ4n) is 3.20. The minimum Gasteiger partial charge on any atom is -0.361 e. The number of thioether (sulfide) groups is 1. The van der Waals surface area contributed by atoms with Crippen LogP contribution >= 0.6 is 24.0 Å². The highest BCUT2D eigenvalue weighted by atomic mass is 32.2. The summed E-state index contributed by atoms with van der Waals surface area (Å²) >= 11 is 6.39. The molecule has 152 valence electrons. The van der Waals surface area contributed by atoms with Gasteiger partial charge in [0.1, 0.15) is 10.1 Å². The van der Waals surface area contributed by atoms with E-state index in [9.17, 15) is 14.0 Å². The van der Waals surface area contributed by atoms with Crippen molar-refractivity contribution in [3.05, 3.63) is 76.1 Å². The van der Waals surface area contributed by atoms with E-state index in [4.69, 9.17) is 12.2 Å². The molecule has 2 aromatic carbocycles. The lowest BCUT2D eigenvalue weighted by atomic mass is 10.1. The number of nitrogens with zero attached hydrogens (tertiary/aromatic N) is 1. The maximum absolute atomic E-state index is 13.5. The Balaban J connectivity index is 1.36. The summed E-state index contributed by atoms with van der Waals surface area (Å²) < 4.78 is 14.0. The van der Waals surface area contributed by atoms with Crippen LogP contribution in [0.5, 0.6) is 0 Å². The first-order chi connectivity index (χ1) is 14.4. The molecule has 0 aliphatic carbocycles. The molecule has 30 heavy (non-hydrogen) atoms. The van der Waals surface area contributed by atoms with Gasteiger partial charge in [0.2, 0.25) is 0 Å². The fraction of sp³-hybridized carbons (Fsp3) is 0.136. The summed E-state index contributed by atoms with van der Waals surface area (Å²) in [4.78, 5) is 29.6. The van der Waals surface area contributed by atoms with E-state index in [1.165, 1.54) is 28.8 Å². The molecule has 0 atom stereocenters. The average molecular weight is 440 g/mol. The van der Waals surface area contributed by atoms with Crippen LogP contribution in [0.4, 0.5) is 4.39 Å². The van der Waals surface area contributed by atoms with Crippen molar-refractivity contribution in [3.63, 3.8) is 0 Å². The van der Waals surface area contributed by atoms with Gasteiger partial charge in [0.15, 0.2) is 0 Å². The van der Waals surface area contributed by atoms with Crippen LogP contribution in [-0.4, -0.2) is 39.6 Å². The van der Waals surface area contributed by atoms with E-state index in [0.717, 1.165) is 22.0 Å². The molecular weight excluding hydrogens is 421 g/mol. The second-order valence-electron chi connectivity index (χ2n) is 6.87. The van der Waals surface area contributed by atoms with Gasteiger partial charge in [-0.25, -0.2) is 4.39 Å². The Morgan fingerprint density at radius 1 is 1.27 bits per heavy atom. The second-order valence-corrected chi connectivity index (χ2v) is 8.55. The summed E-state index contributed by atoms with van der Waals surface area (Å²) in [5, 5.41) is 3.71. The van der Waals surface area contributed by atoms with Crippen LogP contribution in [0.2, 0.25) is 0 Å². The number of fused-ring (bicyclic) bond motifs is 1. The molecule has 0 unspecified atom stereocenters. The lowest BCUT2D eigenvalue weighted by Crippen LogP contribution is -2.25. The first-order valence-electron chi connectivity index (χ1n) is 9.28. The van der Waals surface area contributed by atoms with Gasteiger partial charge in [0.05, 0.1) is 4.91 Å². The van der Waals surface area contributed by atoms with Crippen molar-refractivity contribution in [2.75, 3.05) is 13.6 Å². The van der Waals surface area contributed by atoms with E-state index < -0.39 is 0 Å². The Morgan fingerprint density at radius 2 is 2.03 bits per heavy atom. The number of amides is 2. The lowest BCUT2D eigenvalue weighted by molar-refractivity contribution is -0.121. The largest absolute Gasteiger partial charge is 0.361 e. The SMILES string of the molecule is CN1C(=O)/C(=C\c2ccc(C(=O)NCCc3c[nH]c4ccc(F)cc34)cc2)SC1=S. The number of rotatable bonds is 5. The Morgan fingerprint density at radius 3 is 2.73 bits per heavy atom. The minimum absolute atomic E-state index is 0.121. The fourth-order valence-corrected chi connectivity index (χ4v) is 4.38. The average Bonchev–Trinajstić information content (AvgIpc) is 3.24. The van der Waals surface area contributed by atoms with Gasteiger partial charge in [-0.2, -0.15) is 0 Å². The molecule has 1 saturated heterocycles. The zero-order valence-corrected chi connectivity index (χ0v) is 17.7. The van der Waals surface area contributed by atoms with Crippen molar-refractivity contribution in [2.45, 2.75) is 6.42 Å². The van der Waals surface area contributed by atoms with Crippen LogP contribution in [0.25, 0.3) is 17.0 Å². The number of likely N-dealkylation sites (N-methyl/N-ethyl adjacent to an activating group) is 1. The molecule has 3 aromatic rings. The van der Waals surface area contributed by atoms with Gasteiger partial charge >= 0.3 is 0 Å². The maximum atomic E-state index is 13.5. The highest BCUT2D eigenvalue weighted by Crippen LogP contribution is 2.31. The number of carbonyl (C=O) groups is 2. The normalized spacial score (nSPS) is 15.4. The highest BCUT2D eigenvalue weighted by Gasteiger charge is 2.28. The van der Waals surface area contributed by atoms with E-state index in [2.05, 4.69) is 10.3 Å². The highest BCUT2D eigenvalue weighted by molar-refractivity contribution is 8.26. The molecule has 2 heterocycles. The van der Waals surface area contributed by atoms with Gasteiger partial charge in [-0.3, -0.25) is 14.5 Å².